The predicted octanol–water partition coefficient (Wildman–Crippen LogP) is 2.06. The number of carbonyl (C=O) groups excluding carboxylic acids is 1. The van der Waals surface area contributed by atoms with E-state index < -0.39 is 10.9 Å². The number of aliphatic hydroxyl groups is 1. The average molecular weight is 360 g/mol. The number of hydrogen-bond acceptors (Lipinski definition) is 7. The molecule has 3 rings (SSSR count). The highest BCUT2D eigenvalue weighted by molar-refractivity contribution is 5.96. The number of anilines is 1. The summed E-state index contributed by atoms with van der Waals surface area (Å²) < 4.78 is 6.55. The standard InChI is InChI=1S/C17H20N4O5/c1-26-17(23)12-9-11(21(24)25)5-6-15(12)19-14-3-2-4-16-13(14)10-18-20(16)7-8-22/h5-6,9-10,14,19,22H,2-4,7-8H2,1H3/t14-/m1/s1. The number of ether oxygens (including phenoxy) is 1. The molecule has 1 aromatic carbocycles. The third-order valence-corrected chi connectivity index (χ3v) is 4.52. The second-order valence-corrected chi connectivity index (χ2v) is 6.06. The maximum Gasteiger partial charge on any atom is 0.340 e. The van der Waals surface area contributed by atoms with Crippen molar-refractivity contribution in [3.05, 3.63) is 51.3 Å². The molecule has 1 aliphatic rings. The molecule has 0 spiro atoms. The van der Waals surface area contributed by atoms with Crippen molar-refractivity contribution < 1.29 is 19.6 Å². The molecule has 138 valence electrons. The molecule has 0 amide bonds. The number of carbonyl (C=O) groups is 1. The van der Waals surface area contributed by atoms with Crippen LogP contribution in [0.25, 0.3) is 0 Å². The molecular formula is C17H20N4O5. The van der Waals surface area contributed by atoms with Gasteiger partial charge in [0.25, 0.3) is 5.69 Å². The van der Waals surface area contributed by atoms with Crippen molar-refractivity contribution in [3.63, 3.8) is 0 Å². The van der Waals surface area contributed by atoms with Crippen LogP contribution < -0.4 is 5.32 Å². The lowest BCUT2D eigenvalue weighted by Gasteiger charge is -2.26. The Kier molecular flexibility index (Phi) is 5.17. The lowest BCUT2D eigenvalue weighted by molar-refractivity contribution is -0.384. The summed E-state index contributed by atoms with van der Waals surface area (Å²) in [4.78, 5) is 22.5. The first kappa shape index (κ1) is 17.9. The Hall–Kier alpha value is -2.94. The summed E-state index contributed by atoms with van der Waals surface area (Å²) >= 11 is 0. The number of methoxy groups -OCH3 is 1. The van der Waals surface area contributed by atoms with Crippen molar-refractivity contribution >= 4 is 17.3 Å². The van der Waals surface area contributed by atoms with E-state index >= 15 is 0 Å². The van der Waals surface area contributed by atoms with Gasteiger partial charge in [0, 0.05) is 29.1 Å². The molecule has 1 atom stereocenters. The first-order valence-electron chi connectivity index (χ1n) is 8.34. The van der Waals surface area contributed by atoms with Crippen molar-refractivity contribution in [2.24, 2.45) is 0 Å². The number of rotatable bonds is 6. The van der Waals surface area contributed by atoms with E-state index in [4.69, 9.17) is 9.84 Å². The van der Waals surface area contributed by atoms with Gasteiger partial charge in [-0.25, -0.2) is 4.79 Å². The number of hydrogen-bond donors (Lipinski definition) is 2. The minimum absolute atomic E-state index is 0.0149. The number of non-ortho nitro benzene ring substituents is 1. The van der Waals surface area contributed by atoms with Gasteiger partial charge >= 0.3 is 5.97 Å². The van der Waals surface area contributed by atoms with Gasteiger partial charge in [-0.15, -0.1) is 0 Å². The summed E-state index contributed by atoms with van der Waals surface area (Å²) in [6.45, 7) is 0.452. The van der Waals surface area contributed by atoms with E-state index in [1.165, 1.54) is 25.3 Å². The van der Waals surface area contributed by atoms with E-state index in [1.807, 2.05) is 0 Å². The van der Waals surface area contributed by atoms with Gasteiger partial charge in [0.15, 0.2) is 0 Å². The van der Waals surface area contributed by atoms with E-state index in [-0.39, 0.29) is 23.9 Å². The zero-order valence-corrected chi connectivity index (χ0v) is 14.3. The Morgan fingerprint density at radius 3 is 3.04 bits per heavy atom. The van der Waals surface area contributed by atoms with Crippen LogP contribution in [0.5, 0.6) is 0 Å². The Labute approximate surface area is 149 Å². The van der Waals surface area contributed by atoms with Crippen LogP contribution in [0.4, 0.5) is 11.4 Å². The zero-order valence-electron chi connectivity index (χ0n) is 14.3. The summed E-state index contributed by atoms with van der Waals surface area (Å²) in [5.41, 5.74) is 2.51. The van der Waals surface area contributed by atoms with Crippen LogP contribution in [0.2, 0.25) is 0 Å². The Balaban J connectivity index is 1.92. The van der Waals surface area contributed by atoms with E-state index in [2.05, 4.69) is 10.4 Å². The van der Waals surface area contributed by atoms with Gasteiger partial charge in [-0.05, 0) is 25.3 Å². The molecule has 1 aliphatic carbocycles. The van der Waals surface area contributed by atoms with Gasteiger partial charge in [-0.3, -0.25) is 14.8 Å². The summed E-state index contributed by atoms with van der Waals surface area (Å²) in [5.74, 6) is -0.636. The molecule has 26 heavy (non-hydrogen) atoms. The second kappa shape index (κ2) is 7.52. The molecule has 0 saturated carbocycles. The van der Waals surface area contributed by atoms with E-state index in [0.717, 1.165) is 30.5 Å². The molecule has 0 radical (unpaired) electrons. The molecule has 1 heterocycles. The summed E-state index contributed by atoms with van der Waals surface area (Å²) in [6, 6.07) is 4.02. The lowest BCUT2D eigenvalue weighted by Crippen LogP contribution is -2.20. The fourth-order valence-electron chi connectivity index (χ4n) is 3.29. The SMILES string of the molecule is COC(=O)c1cc([N+](=O)[O-])ccc1N[C@@H]1CCCc2c1cnn2CCO. The Morgan fingerprint density at radius 2 is 2.35 bits per heavy atom. The quantitative estimate of drug-likeness (QED) is 0.459. The molecule has 2 N–H and O–H groups in total. The van der Waals surface area contributed by atoms with Crippen LogP contribution in [-0.4, -0.2) is 39.5 Å². The molecule has 1 aromatic heterocycles. The highest BCUT2D eigenvalue weighted by Gasteiger charge is 2.26. The lowest BCUT2D eigenvalue weighted by atomic mass is 9.92. The highest BCUT2D eigenvalue weighted by atomic mass is 16.6. The average Bonchev–Trinajstić information content (AvgIpc) is 3.05. The summed E-state index contributed by atoms with van der Waals surface area (Å²) in [7, 11) is 1.24. The van der Waals surface area contributed by atoms with Crippen LogP contribution in [0, 0.1) is 10.1 Å². The Morgan fingerprint density at radius 1 is 1.54 bits per heavy atom. The molecule has 0 unspecified atom stereocenters. The maximum absolute atomic E-state index is 12.1. The molecule has 9 heteroatoms. The fourth-order valence-corrected chi connectivity index (χ4v) is 3.29. The van der Waals surface area contributed by atoms with Gasteiger partial charge in [0.1, 0.15) is 0 Å². The number of benzene rings is 1. The highest BCUT2D eigenvalue weighted by Crippen LogP contribution is 2.34. The van der Waals surface area contributed by atoms with Gasteiger partial charge in [-0.2, -0.15) is 5.10 Å². The third kappa shape index (κ3) is 3.38. The molecule has 0 fully saturated rings. The zero-order chi connectivity index (χ0) is 18.7. The predicted molar refractivity (Wildman–Crippen MR) is 93.1 cm³/mol. The van der Waals surface area contributed by atoms with Crippen molar-refractivity contribution in [2.45, 2.75) is 31.8 Å². The minimum atomic E-state index is -0.636. The largest absolute Gasteiger partial charge is 0.465 e. The topological polar surface area (TPSA) is 120 Å². The molecule has 9 nitrogen and oxygen atoms in total. The van der Waals surface area contributed by atoms with Gasteiger partial charge in [-0.1, -0.05) is 0 Å². The summed E-state index contributed by atoms with van der Waals surface area (Å²) in [5, 5.41) is 27.8. The van der Waals surface area contributed by atoms with Crippen LogP contribution in [0.1, 0.15) is 40.5 Å². The van der Waals surface area contributed by atoms with Gasteiger partial charge < -0.3 is 15.2 Å². The summed E-state index contributed by atoms with van der Waals surface area (Å²) in [6.07, 6.45) is 4.42. The van der Waals surface area contributed by atoms with Gasteiger partial charge in [0.05, 0.1) is 43.0 Å². The molecule has 0 bridgehead atoms. The maximum atomic E-state index is 12.1. The monoisotopic (exact) mass is 360 g/mol. The van der Waals surface area contributed by atoms with Crippen molar-refractivity contribution in [2.75, 3.05) is 19.0 Å². The number of nitro groups is 1. The number of nitrogens with one attached hydrogen (secondary N) is 1. The minimum Gasteiger partial charge on any atom is -0.465 e. The molecule has 0 saturated heterocycles. The number of aromatic nitrogens is 2. The van der Waals surface area contributed by atoms with Crippen molar-refractivity contribution in [1.29, 1.82) is 0 Å². The van der Waals surface area contributed by atoms with E-state index in [1.54, 1.807) is 10.9 Å². The molecule has 2 aromatic rings. The normalized spacial score (nSPS) is 16.0. The fraction of sp³-hybridized carbons (Fsp3) is 0.412. The number of fused-ring (bicyclic) bond motifs is 1. The molecule has 0 aliphatic heterocycles. The first-order valence-corrected chi connectivity index (χ1v) is 8.34. The second-order valence-electron chi connectivity index (χ2n) is 6.06. The van der Waals surface area contributed by atoms with E-state index in [9.17, 15) is 14.9 Å². The third-order valence-electron chi connectivity index (χ3n) is 4.52. The first-order chi connectivity index (χ1) is 12.5. The van der Waals surface area contributed by atoms with Gasteiger partial charge in [0.2, 0.25) is 0 Å². The van der Waals surface area contributed by atoms with Crippen molar-refractivity contribution in [1.82, 2.24) is 9.78 Å². The molecular weight excluding hydrogens is 340 g/mol. The van der Waals surface area contributed by atoms with Crippen LogP contribution in [0.15, 0.2) is 24.4 Å². The van der Waals surface area contributed by atoms with Crippen LogP contribution in [0.3, 0.4) is 0 Å². The number of aliphatic hydroxyl groups excluding tert-OH is 1. The number of nitro benzene ring substituents is 1. The Bertz CT molecular complexity index is 833. The van der Waals surface area contributed by atoms with E-state index in [0.29, 0.717) is 12.2 Å². The number of esters is 1. The number of nitrogens with zero attached hydrogens (tertiary/aromatic N) is 3. The van der Waals surface area contributed by atoms with Crippen LogP contribution in [-0.2, 0) is 17.7 Å². The smallest absolute Gasteiger partial charge is 0.340 e. The van der Waals surface area contributed by atoms with Crippen molar-refractivity contribution in [3.8, 4) is 0 Å². The van der Waals surface area contributed by atoms with Crippen LogP contribution >= 0.6 is 0 Å².